The molecule has 2 aliphatic rings. The molecule has 448 valence electrons. The molecule has 8 bridgehead atoms. The third-order valence-electron chi connectivity index (χ3n) is 14.1. The van der Waals surface area contributed by atoms with E-state index in [1.807, 2.05) is 0 Å². The van der Waals surface area contributed by atoms with Gasteiger partial charge in [-0.1, -0.05) is 35.3 Å². The molecule has 10 aromatic rings. The van der Waals surface area contributed by atoms with E-state index in [0.717, 1.165) is 48.6 Å². The van der Waals surface area contributed by atoms with Gasteiger partial charge in [0.05, 0.1) is 59.7 Å². The van der Waals surface area contributed by atoms with Crippen LogP contribution in [0.3, 0.4) is 0 Å². The van der Waals surface area contributed by atoms with Gasteiger partial charge in [-0.3, -0.25) is 0 Å². The minimum absolute atomic E-state index is 0.0787. The van der Waals surface area contributed by atoms with Crippen LogP contribution in [0.15, 0.2) is 127 Å². The number of aromatic nitrogens is 7. The van der Waals surface area contributed by atoms with Crippen LogP contribution in [0.25, 0.3) is 90.9 Å². The van der Waals surface area contributed by atoms with Crippen LogP contribution in [-0.2, 0) is 21.1 Å². The minimum atomic E-state index is -2.65. The van der Waals surface area contributed by atoms with E-state index in [-0.39, 0.29) is 50.0 Å². The topological polar surface area (TPSA) is 69.0 Å². The quantitative estimate of drug-likeness (QED) is 0.0618. The zero-order valence-electron chi connectivity index (χ0n) is 44.9. The predicted octanol–water partition coefficient (Wildman–Crippen LogP) is 16.6. The smallest absolute Gasteiger partial charge is 0.200 e. The lowest BCUT2D eigenvalue weighted by Crippen LogP contribution is -2.25. The van der Waals surface area contributed by atoms with Crippen LogP contribution in [0.1, 0.15) is 22.8 Å². The van der Waals surface area contributed by atoms with Crippen molar-refractivity contribution in [3.8, 4) is 44.5 Å². The fraction of sp³-hybridized carbons (Fsp3) is 0.0484. The van der Waals surface area contributed by atoms with Crippen molar-refractivity contribution in [3.63, 3.8) is 0 Å². The van der Waals surface area contributed by atoms with Crippen LogP contribution < -0.4 is 13.7 Å². The second kappa shape index (κ2) is 23.1. The Balaban J connectivity index is 1.24. The lowest BCUT2D eigenvalue weighted by molar-refractivity contribution is -0.671. The van der Waals surface area contributed by atoms with Gasteiger partial charge in [-0.15, -0.1) is 0 Å². The van der Waals surface area contributed by atoms with Crippen molar-refractivity contribution >= 4 is 81.7 Å². The highest BCUT2D eigenvalue weighted by Gasteiger charge is 2.36. The maximum absolute atomic E-state index is 17.2. The highest BCUT2D eigenvalue weighted by atomic mass is 32.2. The summed E-state index contributed by atoms with van der Waals surface area (Å²) in [7, 11) is 4.81. The molecule has 89 heavy (non-hydrogen) atoms. The minimum Gasteiger partial charge on any atom is -0.354 e. The Kier molecular flexibility index (Phi) is 15.6. The maximum Gasteiger partial charge on any atom is 0.200 e. The molecule has 0 aliphatic carbocycles. The molecule has 4 aromatic carbocycles. The van der Waals surface area contributed by atoms with E-state index in [0.29, 0.717) is 0 Å². The van der Waals surface area contributed by atoms with Crippen molar-refractivity contribution in [2.45, 2.75) is 29.4 Å². The van der Waals surface area contributed by atoms with Crippen LogP contribution in [0.5, 0.6) is 0 Å². The molecular formula is C62H31F17N7S3+3. The summed E-state index contributed by atoms with van der Waals surface area (Å²) < 4.78 is 285. The molecule has 0 unspecified atom stereocenters. The van der Waals surface area contributed by atoms with Gasteiger partial charge in [0, 0.05) is 95.4 Å². The standard InChI is InChI=1S/C62H31F17N7S3/c1-84-18-12-24(13-19-84)87-60-54(74)45(65)40(46(66)55(60)75)36-29-6-4-27(80-29)35(39-43(63)51(71)53(73)52(72)44(39)64)28-5-7-30(81-28)37(41-47(67)56(76)61(57(77)48(41)68)88-25-14-20-85(2)21-15-25)32-9-11-34(83-32)38(33-10-8-31(36)82-33)42-49(69)58(78)62(59(79)50(42)70)89-26-16-22-86(3)23-17-26/h4-23,80,83H,1-3H3/q+3. The number of H-pyrrole nitrogens is 2. The summed E-state index contributed by atoms with van der Waals surface area (Å²) in [5.74, 6) is -37.6. The molecule has 0 radical (unpaired) electrons. The second-order valence-corrected chi connectivity index (χ2v) is 23.0. The Labute approximate surface area is 502 Å². The third kappa shape index (κ3) is 10.3. The van der Waals surface area contributed by atoms with E-state index >= 15 is 70.2 Å². The van der Waals surface area contributed by atoms with Crippen molar-refractivity contribution < 1.29 is 88.3 Å². The summed E-state index contributed by atoms with van der Waals surface area (Å²) in [5.41, 5.74) is -17.3. The van der Waals surface area contributed by atoms with Gasteiger partial charge in [0.1, 0.15) is 21.1 Å². The first-order valence-corrected chi connectivity index (χ1v) is 28.0. The number of rotatable bonds is 10. The van der Waals surface area contributed by atoms with Gasteiger partial charge < -0.3 is 9.97 Å². The molecule has 0 atom stereocenters. The molecule has 12 rings (SSSR count). The van der Waals surface area contributed by atoms with Crippen molar-refractivity contribution in [2.24, 2.45) is 21.1 Å². The average molecular weight is 1290 g/mol. The number of aromatic amines is 2. The number of hydrogen-bond donors (Lipinski definition) is 2. The van der Waals surface area contributed by atoms with E-state index in [2.05, 4.69) is 19.9 Å². The zero-order chi connectivity index (χ0) is 63.3. The van der Waals surface area contributed by atoms with Crippen LogP contribution in [0.2, 0.25) is 0 Å². The molecular weight excluding hydrogens is 1260 g/mol. The van der Waals surface area contributed by atoms with Gasteiger partial charge in [-0.05, 0) is 48.6 Å². The van der Waals surface area contributed by atoms with Gasteiger partial charge in [0.15, 0.2) is 130 Å². The van der Waals surface area contributed by atoms with Gasteiger partial charge in [0.2, 0.25) is 5.82 Å². The van der Waals surface area contributed by atoms with Gasteiger partial charge in [0.25, 0.3) is 0 Å². The number of hydrogen-bond acceptors (Lipinski definition) is 5. The van der Waals surface area contributed by atoms with Gasteiger partial charge >= 0.3 is 0 Å². The number of pyridine rings is 3. The van der Waals surface area contributed by atoms with E-state index in [9.17, 15) is 4.39 Å². The lowest BCUT2D eigenvalue weighted by atomic mass is 10.0. The number of nitrogens with one attached hydrogen (secondary N) is 2. The number of nitrogens with zero attached hydrogens (tertiary/aromatic N) is 5. The van der Waals surface area contributed by atoms with Gasteiger partial charge in [-0.2, -0.15) is 0 Å². The van der Waals surface area contributed by atoms with E-state index in [1.54, 1.807) is 21.1 Å². The Morgan fingerprint density at radius 1 is 0.258 bits per heavy atom. The SMILES string of the molecule is C[n+]1ccc(Sc2c(F)c(F)c(-c3c4nc(c(-c5c(F)c(F)c(Sc6cc[n+](C)cc6)c(F)c5F)c5ccc([nH]5)c(-c5c(F)c(F)c(Sc6cc[n+](C)cc6)c(F)c5F)c5nc(c(-c6c(F)c(F)c(F)c(F)c6F)c6ccc3[nH]6)C=C5)C=C4)c(F)c2F)cc1. The molecule has 27 heteroatoms. The molecule has 7 nitrogen and oxygen atoms in total. The van der Waals surface area contributed by atoms with Crippen LogP contribution in [-0.4, -0.2) is 19.9 Å². The molecule has 0 saturated carbocycles. The predicted molar refractivity (Wildman–Crippen MR) is 295 cm³/mol. The first-order chi connectivity index (χ1) is 42.4. The molecule has 2 aliphatic heterocycles. The summed E-state index contributed by atoms with van der Waals surface area (Å²) in [5, 5.41) is 0. The van der Waals surface area contributed by atoms with Crippen LogP contribution >= 0.6 is 35.3 Å². The fourth-order valence-electron chi connectivity index (χ4n) is 9.86. The molecule has 0 fully saturated rings. The van der Waals surface area contributed by atoms with Crippen molar-refractivity contribution in [1.82, 2.24) is 19.9 Å². The molecule has 2 N–H and O–H groups in total. The van der Waals surface area contributed by atoms with E-state index in [1.165, 1.54) is 87.3 Å². The Bertz CT molecular complexity index is 4710. The second-order valence-electron chi connectivity index (χ2n) is 19.7. The monoisotopic (exact) mass is 1290 g/mol. The highest BCUT2D eigenvalue weighted by molar-refractivity contribution is 8.00. The Hall–Kier alpha value is -9.21. The highest BCUT2D eigenvalue weighted by Crippen LogP contribution is 2.48. The number of aryl methyl sites for hydroxylation is 3. The summed E-state index contributed by atoms with van der Waals surface area (Å²) in [4.78, 5) is 10.2. The normalized spacial score (nSPS) is 12.1. The first-order valence-electron chi connectivity index (χ1n) is 25.6. The molecule has 0 amide bonds. The summed E-state index contributed by atoms with van der Waals surface area (Å²) >= 11 is 0.760. The summed E-state index contributed by atoms with van der Waals surface area (Å²) in [6, 6.07) is 11.4. The number of fused-ring (bicyclic) bond motifs is 8. The Morgan fingerprint density at radius 3 is 0.663 bits per heavy atom. The largest absolute Gasteiger partial charge is 0.354 e. The lowest BCUT2D eigenvalue weighted by Gasteiger charge is -2.14. The van der Waals surface area contributed by atoms with E-state index in [4.69, 9.17) is 0 Å². The van der Waals surface area contributed by atoms with Crippen molar-refractivity contribution in [3.05, 3.63) is 220 Å². The first kappa shape index (κ1) is 60.1. The molecule has 8 heterocycles. The number of benzene rings is 4. The third-order valence-corrected chi connectivity index (χ3v) is 17.3. The Morgan fingerprint density at radius 2 is 0.449 bits per heavy atom. The van der Waals surface area contributed by atoms with Crippen LogP contribution in [0.4, 0.5) is 74.6 Å². The summed E-state index contributed by atoms with van der Waals surface area (Å²) in [6.07, 6.45) is 11.9. The average Bonchev–Trinajstić information content (AvgIpc) is 1.99. The molecule has 0 spiro atoms. The number of halogens is 17. The zero-order valence-corrected chi connectivity index (χ0v) is 47.4. The maximum atomic E-state index is 17.2. The van der Waals surface area contributed by atoms with Crippen LogP contribution in [0, 0.1) is 98.9 Å². The van der Waals surface area contributed by atoms with E-state index < -0.39 is 203 Å². The van der Waals surface area contributed by atoms with Crippen molar-refractivity contribution in [2.75, 3.05) is 0 Å². The van der Waals surface area contributed by atoms with Crippen molar-refractivity contribution in [1.29, 1.82) is 0 Å². The molecule has 6 aromatic heterocycles. The molecule has 0 saturated heterocycles. The van der Waals surface area contributed by atoms with Gasteiger partial charge in [-0.25, -0.2) is 98.3 Å². The summed E-state index contributed by atoms with van der Waals surface area (Å²) in [6.45, 7) is 0. The fourth-order valence-corrected chi connectivity index (χ4v) is 12.4.